The van der Waals surface area contributed by atoms with Crippen molar-refractivity contribution in [1.29, 1.82) is 0 Å². The number of para-hydroxylation sites is 1. The van der Waals surface area contributed by atoms with Crippen molar-refractivity contribution in [2.75, 3.05) is 44.2 Å². The van der Waals surface area contributed by atoms with Gasteiger partial charge in [-0.25, -0.2) is 18.7 Å². The average molecular weight is 530 g/mol. The zero-order valence-electron chi connectivity index (χ0n) is 20.5. The summed E-state index contributed by atoms with van der Waals surface area (Å²) in [6, 6.07) is 21.6. The summed E-state index contributed by atoms with van der Waals surface area (Å²) >= 11 is 1.31. The average Bonchev–Trinajstić information content (AvgIpc) is 3.38. The van der Waals surface area contributed by atoms with Gasteiger partial charge in [0.25, 0.3) is 5.91 Å². The molecule has 0 aliphatic carbocycles. The molecule has 0 radical (unpaired) electrons. The molecule has 0 saturated carbocycles. The highest BCUT2D eigenvalue weighted by atomic mass is 32.1. The second kappa shape index (κ2) is 10.4. The molecule has 1 aliphatic heterocycles. The topological polar surface area (TPSA) is 61.4 Å². The molecular weight excluding hydrogens is 504 g/mol. The van der Waals surface area contributed by atoms with Gasteiger partial charge in [0, 0.05) is 56.3 Å². The van der Waals surface area contributed by atoms with Crippen LogP contribution in [0.3, 0.4) is 0 Å². The minimum absolute atomic E-state index is 0.122. The summed E-state index contributed by atoms with van der Waals surface area (Å²) < 4.78 is 28.1. The first-order valence-electron chi connectivity index (χ1n) is 12.5. The molecule has 192 valence electrons. The summed E-state index contributed by atoms with van der Waals surface area (Å²) in [5.41, 5.74) is 3.34. The lowest BCUT2D eigenvalue weighted by molar-refractivity contribution is 0.0949. The van der Waals surface area contributed by atoms with Gasteiger partial charge in [-0.1, -0.05) is 59.9 Å². The van der Waals surface area contributed by atoms with Crippen molar-refractivity contribution in [3.63, 3.8) is 0 Å². The van der Waals surface area contributed by atoms with Crippen LogP contribution in [-0.2, 0) is 0 Å². The van der Waals surface area contributed by atoms with Gasteiger partial charge in [-0.05, 0) is 18.2 Å². The molecule has 0 unspecified atom stereocenters. The summed E-state index contributed by atoms with van der Waals surface area (Å²) in [5.74, 6) is -1.34. The molecule has 9 heteroatoms. The number of anilines is 1. The molecular formula is C29H25F2N5OS. The molecule has 1 fully saturated rings. The number of carbonyl (C=O) groups excluding carboxylic acids is 1. The lowest BCUT2D eigenvalue weighted by Crippen LogP contribution is -2.48. The summed E-state index contributed by atoms with van der Waals surface area (Å²) in [6.07, 6.45) is 0. The summed E-state index contributed by atoms with van der Waals surface area (Å²) in [6.45, 7) is 4.27. The molecule has 38 heavy (non-hydrogen) atoms. The van der Waals surface area contributed by atoms with Crippen LogP contribution in [0.5, 0.6) is 0 Å². The lowest BCUT2D eigenvalue weighted by Gasteiger charge is -2.34. The molecule has 2 aromatic heterocycles. The number of nitrogens with one attached hydrogen (secondary N) is 1. The molecule has 0 bridgehead atoms. The van der Waals surface area contributed by atoms with Gasteiger partial charge in [-0.15, -0.1) is 0 Å². The molecule has 6 rings (SSSR count). The van der Waals surface area contributed by atoms with E-state index in [2.05, 4.69) is 20.1 Å². The number of benzene rings is 3. The van der Waals surface area contributed by atoms with Crippen molar-refractivity contribution >= 4 is 43.5 Å². The maximum atomic E-state index is 14.1. The van der Waals surface area contributed by atoms with Crippen molar-refractivity contribution in [3.05, 3.63) is 90.0 Å². The second-order valence-corrected chi connectivity index (χ2v) is 10.3. The number of piperazine rings is 1. The quantitative estimate of drug-likeness (QED) is 0.322. The Balaban J connectivity index is 1.08. The third-order valence-corrected chi connectivity index (χ3v) is 7.85. The van der Waals surface area contributed by atoms with E-state index in [4.69, 9.17) is 4.98 Å². The number of amides is 1. The number of thiazole rings is 1. The highest BCUT2D eigenvalue weighted by molar-refractivity contribution is 7.22. The maximum Gasteiger partial charge on any atom is 0.252 e. The Labute approximate surface area is 222 Å². The van der Waals surface area contributed by atoms with Gasteiger partial charge in [0.2, 0.25) is 0 Å². The number of halogens is 2. The Hall–Kier alpha value is -3.95. The maximum absolute atomic E-state index is 14.1. The Morgan fingerprint density at radius 3 is 2.50 bits per heavy atom. The van der Waals surface area contributed by atoms with Crippen LogP contribution in [0.2, 0.25) is 0 Å². The Kier molecular flexibility index (Phi) is 6.70. The summed E-state index contributed by atoms with van der Waals surface area (Å²) in [5, 5.41) is 4.61. The molecule has 1 N–H and O–H groups in total. The van der Waals surface area contributed by atoms with E-state index in [1.807, 2.05) is 60.7 Å². The molecule has 0 spiro atoms. The monoisotopic (exact) mass is 529 g/mol. The van der Waals surface area contributed by atoms with Crippen LogP contribution < -0.4 is 10.2 Å². The van der Waals surface area contributed by atoms with Crippen molar-refractivity contribution in [2.45, 2.75) is 0 Å². The molecule has 3 aromatic carbocycles. The standard InChI is InChI=1S/C29H25F2N5OS/c30-20-16-23(31)27-26(17-20)38-29(34-27)36-14-12-35(13-15-36)11-10-32-28(37)22-18-25(19-6-2-1-3-7-19)33-24-9-5-4-8-21(22)24/h1-9,16-18H,10-15H2,(H,32,37). The predicted molar refractivity (Wildman–Crippen MR) is 148 cm³/mol. The first-order chi connectivity index (χ1) is 18.5. The van der Waals surface area contributed by atoms with E-state index in [9.17, 15) is 13.6 Å². The van der Waals surface area contributed by atoms with E-state index < -0.39 is 11.6 Å². The molecule has 6 nitrogen and oxygen atoms in total. The van der Waals surface area contributed by atoms with Crippen LogP contribution in [0.15, 0.2) is 72.8 Å². The molecule has 3 heterocycles. The van der Waals surface area contributed by atoms with Gasteiger partial charge in [0.05, 0.1) is 21.5 Å². The number of rotatable bonds is 6. The number of fused-ring (bicyclic) bond motifs is 2. The van der Waals surface area contributed by atoms with E-state index >= 15 is 0 Å². The SMILES string of the molecule is O=C(NCCN1CCN(c2nc3c(F)cc(F)cc3s2)CC1)c1cc(-c2ccccc2)nc2ccccc12. The van der Waals surface area contributed by atoms with Crippen LogP contribution in [0.25, 0.3) is 32.4 Å². The van der Waals surface area contributed by atoms with Gasteiger partial charge in [0.1, 0.15) is 11.3 Å². The fraction of sp³-hybridized carbons (Fsp3) is 0.207. The highest BCUT2D eigenvalue weighted by Crippen LogP contribution is 2.31. The first-order valence-corrected chi connectivity index (χ1v) is 13.3. The van der Waals surface area contributed by atoms with Crippen LogP contribution in [-0.4, -0.2) is 60.0 Å². The zero-order chi connectivity index (χ0) is 26.1. The number of carbonyl (C=O) groups is 1. The van der Waals surface area contributed by atoms with E-state index in [0.717, 1.165) is 54.4 Å². The number of hydrogen-bond donors (Lipinski definition) is 1. The Morgan fingerprint density at radius 2 is 1.68 bits per heavy atom. The van der Waals surface area contributed by atoms with Gasteiger partial charge in [0.15, 0.2) is 10.9 Å². The fourth-order valence-electron chi connectivity index (χ4n) is 4.79. The largest absolute Gasteiger partial charge is 0.351 e. The molecule has 1 amide bonds. The predicted octanol–water partition coefficient (Wildman–Crippen LogP) is 5.34. The lowest BCUT2D eigenvalue weighted by atomic mass is 10.0. The van der Waals surface area contributed by atoms with Gasteiger partial charge in [-0.3, -0.25) is 9.69 Å². The van der Waals surface area contributed by atoms with E-state index in [-0.39, 0.29) is 11.4 Å². The summed E-state index contributed by atoms with van der Waals surface area (Å²) in [4.78, 5) is 26.8. The van der Waals surface area contributed by atoms with Crippen LogP contribution >= 0.6 is 11.3 Å². The third-order valence-electron chi connectivity index (χ3n) is 6.79. The number of aromatic nitrogens is 2. The van der Waals surface area contributed by atoms with Crippen LogP contribution in [0, 0.1) is 11.6 Å². The zero-order valence-corrected chi connectivity index (χ0v) is 21.3. The molecule has 1 saturated heterocycles. The highest BCUT2D eigenvalue weighted by Gasteiger charge is 2.21. The van der Waals surface area contributed by atoms with E-state index in [1.165, 1.54) is 17.4 Å². The smallest absolute Gasteiger partial charge is 0.252 e. The second-order valence-electron chi connectivity index (χ2n) is 9.25. The van der Waals surface area contributed by atoms with Crippen LogP contribution in [0.1, 0.15) is 10.4 Å². The number of pyridine rings is 1. The third kappa shape index (κ3) is 4.94. The summed E-state index contributed by atoms with van der Waals surface area (Å²) in [7, 11) is 0. The van der Waals surface area contributed by atoms with Crippen molar-refractivity contribution in [1.82, 2.24) is 20.2 Å². The number of hydrogen-bond acceptors (Lipinski definition) is 6. The minimum Gasteiger partial charge on any atom is -0.351 e. The van der Waals surface area contributed by atoms with E-state index in [0.29, 0.717) is 28.5 Å². The molecule has 0 atom stereocenters. The Morgan fingerprint density at radius 1 is 0.921 bits per heavy atom. The van der Waals surface area contributed by atoms with E-state index in [1.54, 1.807) is 0 Å². The van der Waals surface area contributed by atoms with Gasteiger partial charge >= 0.3 is 0 Å². The van der Waals surface area contributed by atoms with Crippen molar-refractivity contribution in [2.24, 2.45) is 0 Å². The van der Waals surface area contributed by atoms with Crippen molar-refractivity contribution < 1.29 is 13.6 Å². The van der Waals surface area contributed by atoms with Crippen LogP contribution in [0.4, 0.5) is 13.9 Å². The molecule has 5 aromatic rings. The fourth-order valence-corrected chi connectivity index (χ4v) is 5.84. The van der Waals surface area contributed by atoms with Gasteiger partial charge < -0.3 is 10.2 Å². The minimum atomic E-state index is -0.630. The van der Waals surface area contributed by atoms with Gasteiger partial charge in [-0.2, -0.15) is 0 Å². The first kappa shape index (κ1) is 24.4. The Bertz CT molecular complexity index is 1620. The number of nitrogens with zero attached hydrogens (tertiary/aromatic N) is 4. The van der Waals surface area contributed by atoms with Crippen molar-refractivity contribution in [3.8, 4) is 11.3 Å². The molecule has 1 aliphatic rings. The normalized spacial score (nSPS) is 14.3.